The Morgan fingerprint density at radius 1 is 0.812 bits per heavy atom. The van der Waals surface area contributed by atoms with Crippen LogP contribution in [0.15, 0.2) is 48.5 Å². The lowest BCUT2D eigenvalue weighted by atomic mass is 10.1. The number of fused-ring (bicyclic) bond motifs is 2. The summed E-state index contributed by atoms with van der Waals surface area (Å²) in [6.45, 7) is 0. The maximum absolute atomic E-state index is 13.9. The van der Waals surface area contributed by atoms with Gasteiger partial charge in [0, 0.05) is 22.5 Å². The molecule has 0 radical (unpaired) electrons. The van der Waals surface area contributed by atoms with Crippen molar-refractivity contribution in [2.45, 2.75) is 0 Å². The molecule has 2 aromatic carbocycles. The Balaban J connectivity index is 2.25. The van der Waals surface area contributed by atoms with Crippen LogP contribution >= 0.6 is 0 Å². The monoisotopic (exact) mass is 211 g/mol. The van der Waals surface area contributed by atoms with E-state index in [-0.39, 0.29) is 5.83 Å². The minimum Gasteiger partial charge on any atom is -0.354 e. The topological polar surface area (TPSA) is 12.0 Å². The van der Waals surface area contributed by atoms with Crippen molar-refractivity contribution in [1.29, 1.82) is 0 Å². The van der Waals surface area contributed by atoms with E-state index in [0.29, 0.717) is 5.56 Å². The Morgan fingerprint density at radius 3 is 2.38 bits per heavy atom. The first kappa shape index (κ1) is 9.16. The van der Waals surface area contributed by atoms with Crippen LogP contribution < -0.4 is 5.32 Å². The average Bonchev–Trinajstić information content (AvgIpc) is 2.45. The molecule has 16 heavy (non-hydrogen) atoms. The third kappa shape index (κ3) is 1.39. The summed E-state index contributed by atoms with van der Waals surface area (Å²) in [6, 6.07) is 15.1. The van der Waals surface area contributed by atoms with Crippen LogP contribution in [-0.4, -0.2) is 0 Å². The van der Waals surface area contributed by atoms with Gasteiger partial charge in [-0.15, -0.1) is 0 Å². The molecule has 0 atom stereocenters. The van der Waals surface area contributed by atoms with E-state index in [4.69, 9.17) is 0 Å². The fourth-order valence-electron chi connectivity index (χ4n) is 1.90. The number of hydrogen-bond donors (Lipinski definition) is 1. The summed E-state index contributed by atoms with van der Waals surface area (Å²) in [5, 5.41) is 3.24. The number of hydrogen-bond acceptors (Lipinski definition) is 1. The normalized spacial score (nSPS) is 12.9. The van der Waals surface area contributed by atoms with Gasteiger partial charge in [-0.2, -0.15) is 0 Å². The summed E-state index contributed by atoms with van der Waals surface area (Å²) < 4.78 is 13.9. The van der Waals surface area contributed by atoms with E-state index in [9.17, 15) is 4.39 Å². The predicted octanol–water partition coefficient (Wildman–Crippen LogP) is 4.21. The molecular formula is C14H10FN. The summed E-state index contributed by atoms with van der Waals surface area (Å²) >= 11 is 0. The second kappa shape index (κ2) is 3.49. The highest BCUT2D eigenvalue weighted by Crippen LogP contribution is 2.34. The molecule has 0 aromatic heterocycles. The van der Waals surface area contributed by atoms with Crippen LogP contribution in [0.3, 0.4) is 0 Å². The zero-order valence-corrected chi connectivity index (χ0v) is 8.57. The zero-order chi connectivity index (χ0) is 11.0. The minimum atomic E-state index is -0.201. The van der Waals surface area contributed by atoms with Crippen LogP contribution in [0.2, 0.25) is 0 Å². The molecule has 0 fully saturated rings. The van der Waals surface area contributed by atoms with E-state index >= 15 is 0 Å². The van der Waals surface area contributed by atoms with Gasteiger partial charge >= 0.3 is 0 Å². The predicted molar refractivity (Wildman–Crippen MR) is 65.1 cm³/mol. The SMILES string of the molecule is FC1=Cc2ccccc2Nc2ccccc21. The summed E-state index contributed by atoms with van der Waals surface area (Å²) in [6.07, 6.45) is 1.56. The quantitative estimate of drug-likeness (QED) is 0.688. The van der Waals surface area contributed by atoms with Crippen molar-refractivity contribution < 1.29 is 4.39 Å². The van der Waals surface area contributed by atoms with Gasteiger partial charge < -0.3 is 5.32 Å². The van der Waals surface area contributed by atoms with E-state index in [1.165, 1.54) is 0 Å². The third-order valence-corrected chi connectivity index (χ3v) is 2.70. The molecule has 0 unspecified atom stereocenters. The molecule has 0 spiro atoms. The fraction of sp³-hybridized carbons (Fsp3) is 0. The van der Waals surface area contributed by atoms with Gasteiger partial charge in [0.25, 0.3) is 0 Å². The second-order valence-electron chi connectivity index (χ2n) is 3.75. The Morgan fingerprint density at radius 2 is 1.50 bits per heavy atom. The summed E-state index contributed by atoms with van der Waals surface area (Å²) in [5.74, 6) is -0.201. The first-order valence-corrected chi connectivity index (χ1v) is 5.17. The highest BCUT2D eigenvalue weighted by atomic mass is 19.1. The van der Waals surface area contributed by atoms with E-state index in [2.05, 4.69) is 5.32 Å². The van der Waals surface area contributed by atoms with E-state index in [0.717, 1.165) is 16.9 Å². The third-order valence-electron chi connectivity index (χ3n) is 2.70. The van der Waals surface area contributed by atoms with Crippen molar-refractivity contribution in [3.63, 3.8) is 0 Å². The maximum atomic E-state index is 13.9. The maximum Gasteiger partial charge on any atom is 0.133 e. The highest BCUT2D eigenvalue weighted by molar-refractivity contribution is 5.91. The van der Waals surface area contributed by atoms with Crippen molar-refractivity contribution in [3.05, 3.63) is 59.7 Å². The molecule has 0 saturated carbocycles. The molecule has 0 amide bonds. The Hall–Kier alpha value is -2.09. The Labute approximate surface area is 93.2 Å². The first-order chi connectivity index (χ1) is 7.84. The first-order valence-electron chi connectivity index (χ1n) is 5.17. The van der Waals surface area contributed by atoms with Gasteiger partial charge in [0.15, 0.2) is 0 Å². The molecular weight excluding hydrogens is 201 g/mol. The Bertz CT molecular complexity index is 572. The fourth-order valence-corrected chi connectivity index (χ4v) is 1.90. The Kier molecular flexibility index (Phi) is 2.00. The molecule has 0 bridgehead atoms. The molecule has 1 heterocycles. The van der Waals surface area contributed by atoms with Crippen LogP contribution in [0.1, 0.15) is 11.1 Å². The van der Waals surface area contributed by atoms with Crippen LogP contribution in [0.25, 0.3) is 11.9 Å². The molecule has 1 aliphatic rings. The van der Waals surface area contributed by atoms with Crippen LogP contribution in [0, 0.1) is 0 Å². The smallest absolute Gasteiger partial charge is 0.133 e. The van der Waals surface area contributed by atoms with Crippen molar-refractivity contribution in [2.24, 2.45) is 0 Å². The van der Waals surface area contributed by atoms with Crippen molar-refractivity contribution in [1.82, 2.24) is 0 Å². The molecule has 0 aliphatic carbocycles. The highest BCUT2D eigenvalue weighted by Gasteiger charge is 2.13. The number of para-hydroxylation sites is 2. The van der Waals surface area contributed by atoms with Gasteiger partial charge in [0.2, 0.25) is 0 Å². The number of benzene rings is 2. The standard InChI is InChI=1S/C14H10FN/c15-12-9-10-5-1-3-7-13(10)16-14-8-4-2-6-11(12)14/h1-9,16H. The lowest BCUT2D eigenvalue weighted by molar-refractivity contribution is 0.766. The van der Waals surface area contributed by atoms with Gasteiger partial charge in [0.05, 0.1) is 0 Å². The lowest BCUT2D eigenvalue weighted by Gasteiger charge is -2.08. The number of anilines is 2. The van der Waals surface area contributed by atoms with E-state index in [1.54, 1.807) is 12.1 Å². The summed E-state index contributed by atoms with van der Waals surface area (Å²) in [4.78, 5) is 0. The van der Waals surface area contributed by atoms with Crippen LogP contribution in [-0.2, 0) is 0 Å². The van der Waals surface area contributed by atoms with Gasteiger partial charge in [-0.3, -0.25) is 0 Å². The summed E-state index contributed by atoms with van der Waals surface area (Å²) in [5.41, 5.74) is 3.22. The molecule has 3 rings (SSSR count). The number of rotatable bonds is 0. The molecule has 78 valence electrons. The van der Waals surface area contributed by atoms with Gasteiger partial charge in [-0.25, -0.2) is 4.39 Å². The molecule has 0 saturated heterocycles. The largest absolute Gasteiger partial charge is 0.354 e. The van der Waals surface area contributed by atoms with Gasteiger partial charge in [0.1, 0.15) is 5.83 Å². The van der Waals surface area contributed by atoms with Crippen molar-refractivity contribution in [3.8, 4) is 0 Å². The molecule has 2 aromatic rings. The molecule has 1 nitrogen and oxygen atoms in total. The second-order valence-corrected chi connectivity index (χ2v) is 3.75. The van der Waals surface area contributed by atoms with Crippen LogP contribution in [0.5, 0.6) is 0 Å². The number of nitrogens with one attached hydrogen (secondary N) is 1. The average molecular weight is 211 g/mol. The minimum absolute atomic E-state index is 0.201. The van der Waals surface area contributed by atoms with E-state index < -0.39 is 0 Å². The van der Waals surface area contributed by atoms with Crippen molar-refractivity contribution in [2.75, 3.05) is 5.32 Å². The molecule has 1 aliphatic heterocycles. The van der Waals surface area contributed by atoms with Gasteiger partial charge in [-0.1, -0.05) is 30.3 Å². The van der Waals surface area contributed by atoms with Gasteiger partial charge in [-0.05, 0) is 24.3 Å². The molecule has 1 N–H and O–H groups in total. The summed E-state index contributed by atoms with van der Waals surface area (Å²) in [7, 11) is 0. The zero-order valence-electron chi connectivity index (χ0n) is 8.57. The molecule has 2 heteroatoms. The van der Waals surface area contributed by atoms with E-state index in [1.807, 2.05) is 42.5 Å². The van der Waals surface area contributed by atoms with Crippen molar-refractivity contribution >= 4 is 23.3 Å². The lowest BCUT2D eigenvalue weighted by Crippen LogP contribution is -1.92. The van der Waals surface area contributed by atoms with Crippen LogP contribution in [0.4, 0.5) is 15.8 Å². The number of halogens is 1.